The molecular weight excluding hydrogens is 262 g/mol. The van der Waals surface area contributed by atoms with Crippen LogP contribution >= 0.6 is 11.8 Å². The Hall–Kier alpha value is -1.04. The highest BCUT2D eigenvalue weighted by Crippen LogP contribution is 2.34. The van der Waals surface area contributed by atoms with E-state index in [9.17, 15) is 9.90 Å². The Morgan fingerprint density at radius 3 is 2.32 bits per heavy atom. The van der Waals surface area contributed by atoms with Gasteiger partial charge in [-0.15, -0.1) is 0 Å². The zero-order chi connectivity index (χ0) is 14.7. The van der Waals surface area contributed by atoms with E-state index in [1.807, 2.05) is 30.3 Å². The van der Waals surface area contributed by atoms with Gasteiger partial charge in [-0.05, 0) is 26.3 Å². The van der Waals surface area contributed by atoms with Gasteiger partial charge >= 0.3 is 5.97 Å². The first kappa shape index (κ1) is 16.0. The van der Waals surface area contributed by atoms with Crippen molar-refractivity contribution in [1.29, 1.82) is 0 Å². The fraction of sp³-hybridized carbons (Fsp3) is 0.500. The van der Waals surface area contributed by atoms with Crippen LogP contribution in [0.15, 0.2) is 30.3 Å². The molecule has 0 spiro atoms. The van der Waals surface area contributed by atoms with Crippen molar-refractivity contribution in [3.8, 4) is 0 Å². The lowest BCUT2D eigenvalue weighted by molar-refractivity contribution is -0.139. The molecule has 0 fully saturated rings. The van der Waals surface area contributed by atoms with Crippen LogP contribution in [-0.4, -0.2) is 32.7 Å². The van der Waals surface area contributed by atoms with Crippen LogP contribution < -0.4 is 5.73 Å². The highest BCUT2D eigenvalue weighted by Gasteiger charge is 2.35. The molecule has 106 valence electrons. The van der Waals surface area contributed by atoms with Crippen molar-refractivity contribution in [3.05, 3.63) is 35.9 Å². The number of benzene rings is 1. The van der Waals surface area contributed by atoms with E-state index in [1.54, 1.807) is 20.8 Å². The van der Waals surface area contributed by atoms with Crippen molar-refractivity contribution in [2.45, 2.75) is 37.2 Å². The number of thioether (sulfide) groups is 1. The molecule has 5 heteroatoms. The van der Waals surface area contributed by atoms with Crippen LogP contribution in [-0.2, 0) is 10.4 Å². The third-order valence-electron chi connectivity index (χ3n) is 3.14. The molecule has 4 N–H and O–H groups in total. The van der Waals surface area contributed by atoms with Gasteiger partial charge in [0.1, 0.15) is 6.04 Å². The first-order chi connectivity index (χ1) is 8.67. The highest BCUT2D eigenvalue weighted by atomic mass is 32.2. The molecule has 1 aromatic rings. The van der Waals surface area contributed by atoms with Crippen LogP contribution in [0.3, 0.4) is 0 Å². The number of carbonyl (C=O) groups is 1. The summed E-state index contributed by atoms with van der Waals surface area (Å²) in [5, 5.41) is 19.4. The summed E-state index contributed by atoms with van der Waals surface area (Å²) in [5.74, 6) is -0.651. The van der Waals surface area contributed by atoms with Gasteiger partial charge < -0.3 is 15.9 Å². The van der Waals surface area contributed by atoms with Gasteiger partial charge in [0.2, 0.25) is 0 Å². The van der Waals surface area contributed by atoms with Crippen LogP contribution in [0.25, 0.3) is 0 Å². The summed E-state index contributed by atoms with van der Waals surface area (Å²) < 4.78 is -0.648. The molecule has 0 bridgehead atoms. The summed E-state index contributed by atoms with van der Waals surface area (Å²) in [6.07, 6.45) is 0. The summed E-state index contributed by atoms with van der Waals surface area (Å²) in [5.41, 5.74) is 5.46. The average molecular weight is 283 g/mol. The van der Waals surface area contributed by atoms with Gasteiger partial charge in [0, 0.05) is 10.5 Å². The second-order valence-electron chi connectivity index (χ2n) is 5.35. The molecule has 0 heterocycles. The molecular formula is C14H21NO3S. The van der Waals surface area contributed by atoms with Crippen LogP contribution in [0.5, 0.6) is 0 Å². The van der Waals surface area contributed by atoms with Crippen molar-refractivity contribution in [3.63, 3.8) is 0 Å². The van der Waals surface area contributed by atoms with Crippen LogP contribution in [0.2, 0.25) is 0 Å². The molecule has 2 atom stereocenters. The van der Waals surface area contributed by atoms with E-state index < -0.39 is 22.4 Å². The number of rotatable bonds is 6. The third kappa shape index (κ3) is 4.23. The Bertz CT molecular complexity index is 432. The average Bonchev–Trinajstić information content (AvgIpc) is 2.37. The van der Waals surface area contributed by atoms with Gasteiger partial charge in [-0.25, -0.2) is 0 Å². The van der Waals surface area contributed by atoms with E-state index in [0.717, 1.165) is 5.56 Å². The number of nitrogens with two attached hydrogens (primary N) is 1. The fourth-order valence-corrected chi connectivity index (χ4v) is 2.69. The summed E-state index contributed by atoms with van der Waals surface area (Å²) in [7, 11) is 0. The maximum absolute atomic E-state index is 10.9. The topological polar surface area (TPSA) is 83.5 Å². The van der Waals surface area contributed by atoms with E-state index in [4.69, 9.17) is 10.8 Å². The number of hydrogen-bond donors (Lipinski definition) is 3. The van der Waals surface area contributed by atoms with E-state index in [2.05, 4.69) is 0 Å². The second-order valence-corrected chi connectivity index (χ2v) is 6.98. The lowest BCUT2D eigenvalue weighted by atomic mass is 9.98. The number of aliphatic carboxylic acids is 1. The summed E-state index contributed by atoms with van der Waals surface area (Å²) in [4.78, 5) is 10.9. The van der Waals surface area contributed by atoms with Gasteiger partial charge in [0.15, 0.2) is 0 Å². The molecule has 1 aromatic carbocycles. The molecule has 0 radical (unpaired) electrons. The van der Waals surface area contributed by atoms with E-state index >= 15 is 0 Å². The second kappa shape index (κ2) is 5.94. The van der Waals surface area contributed by atoms with Crippen molar-refractivity contribution in [1.82, 2.24) is 0 Å². The number of hydrogen-bond acceptors (Lipinski definition) is 4. The molecule has 0 saturated carbocycles. The summed E-state index contributed by atoms with van der Waals surface area (Å²) in [6.45, 7) is 5.27. The first-order valence-corrected chi connectivity index (χ1v) is 7.05. The van der Waals surface area contributed by atoms with Crippen LogP contribution in [0.4, 0.5) is 0 Å². The molecule has 0 aliphatic carbocycles. The number of aliphatic hydroxyl groups is 1. The Balaban J connectivity index is 2.73. The Labute approximate surface area is 118 Å². The van der Waals surface area contributed by atoms with Gasteiger partial charge in [-0.3, -0.25) is 4.79 Å². The highest BCUT2D eigenvalue weighted by molar-refractivity contribution is 8.00. The van der Waals surface area contributed by atoms with Gasteiger partial charge in [-0.2, -0.15) is 11.8 Å². The smallest absolute Gasteiger partial charge is 0.321 e. The third-order valence-corrected chi connectivity index (χ3v) is 4.84. The molecule has 0 amide bonds. The Morgan fingerprint density at radius 1 is 1.32 bits per heavy atom. The van der Waals surface area contributed by atoms with Crippen LogP contribution in [0, 0.1) is 0 Å². The van der Waals surface area contributed by atoms with Gasteiger partial charge in [0.05, 0.1) is 5.60 Å². The maximum atomic E-state index is 10.9. The van der Waals surface area contributed by atoms with Gasteiger partial charge in [0.25, 0.3) is 0 Å². The number of carboxylic acid groups (broad SMARTS) is 1. The van der Waals surface area contributed by atoms with Crippen molar-refractivity contribution < 1.29 is 15.0 Å². The lowest BCUT2D eigenvalue weighted by Crippen LogP contribution is -2.47. The van der Waals surface area contributed by atoms with E-state index in [-0.39, 0.29) is 0 Å². The zero-order valence-corrected chi connectivity index (χ0v) is 12.3. The standard InChI is InChI=1S/C14H21NO3S/c1-13(2,11(15)12(16)17)19-9-14(3,18)10-7-5-4-6-8-10/h4-8,11,18H,9,15H2,1-3H3,(H,16,17)/t11-,14?/m0/s1. The van der Waals surface area contributed by atoms with Crippen molar-refractivity contribution >= 4 is 17.7 Å². The Kier molecular flexibility index (Phi) is 5.01. The molecule has 0 aliphatic rings. The minimum Gasteiger partial charge on any atom is -0.480 e. The number of carboxylic acids is 1. The molecule has 4 nitrogen and oxygen atoms in total. The van der Waals surface area contributed by atoms with Crippen molar-refractivity contribution in [2.75, 3.05) is 5.75 Å². The summed E-state index contributed by atoms with van der Waals surface area (Å²) in [6, 6.07) is 8.35. The minimum atomic E-state index is -1.03. The first-order valence-electron chi connectivity index (χ1n) is 6.07. The lowest BCUT2D eigenvalue weighted by Gasteiger charge is -2.32. The molecule has 19 heavy (non-hydrogen) atoms. The predicted molar refractivity (Wildman–Crippen MR) is 78.2 cm³/mol. The molecule has 1 unspecified atom stereocenters. The zero-order valence-electron chi connectivity index (χ0n) is 11.5. The minimum absolute atomic E-state index is 0.380. The molecule has 0 saturated heterocycles. The molecule has 1 rings (SSSR count). The molecule has 0 aromatic heterocycles. The summed E-state index contributed by atoms with van der Waals surface area (Å²) >= 11 is 1.36. The maximum Gasteiger partial charge on any atom is 0.321 e. The van der Waals surface area contributed by atoms with E-state index in [0.29, 0.717) is 5.75 Å². The van der Waals surface area contributed by atoms with E-state index in [1.165, 1.54) is 11.8 Å². The fourth-order valence-electron chi connectivity index (χ4n) is 1.59. The SMILES string of the molecule is CC(O)(CSC(C)(C)[C@@H](N)C(=O)O)c1ccccc1. The molecule has 0 aliphatic heterocycles. The van der Waals surface area contributed by atoms with Crippen molar-refractivity contribution in [2.24, 2.45) is 5.73 Å². The normalized spacial score (nSPS) is 16.7. The predicted octanol–water partition coefficient (Wildman–Crippen LogP) is 1.82. The monoisotopic (exact) mass is 283 g/mol. The van der Waals surface area contributed by atoms with Crippen LogP contribution in [0.1, 0.15) is 26.3 Å². The van der Waals surface area contributed by atoms with Gasteiger partial charge in [-0.1, -0.05) is 30.3 Å². The largest absolute Gasteiger partial charge is 0.480 e. The Morgan fingerprint density at radius 2 is 1.84 bits per heavy atom. The quantitative estimate of drug-likeness (QED) is 0.741.